The summed E-state index contributed by atoms with van der Waals surface area (Å²) in [5, 5.41) is 14.2. The van der Waals surface area contributed by atoms with Crippen molar-refractivity contribution < 1.29 is 18.5 Å². The Morgan fingerprint density at radius 1 is 1.08 bits per heavy atom. The van der Waals surface area contributed by atoms with Gasteiger partial charge in [-0.2, -0.15) is 0 Å². The summed E-state index contributed by atoms with van der Waals surface area (Å²) in [7, 11) is -3.60. The molecule has 134 valence electrons. The first-order valence-corrected chi connectivity index (χ1v) is 9.56. The molecule has 2 rings (SSSR count). The van der Waals surface area contributed by atoms with Gasteiger partial charge in [0.25, 0.3) is 5.69 Å². The van der Waals surface area contributed by atoms with Crippen LogP contribution in [0, 0.1) is 10.1 Å². The highest BCUT2D eigenvalue weighted by Gasteiger charge is 2.37. The lowest BCUT2D eigenvalue weighted by Crippen LogP contribution is -2.15. The number of anilines is 1. The quantitative estimate of drug-likeness (QED) is 0.384. The van der Waals surface area contributed by atoms with Crippen LogP contribution in [-0.4, -0.2) is 18.1 Å². The lowest BCUT2D eigenvalue weighted by molar-refractivity contribution is -0.384. The number of nitro groups is 1. The molecule has 7 nitrogen and oxygen atoms in total. The van der Waals surface area contributed by atoms with Crippen molar-refractivity contribution in [3.05, 3.63) is 70.3 Å². The Kier molecular flexibility index (Phi) is 6.70. The van der Waals surface area contributed by atoms with Crippen LogP contribution in [0.15, 0.2) is 54.6 Å². The Hall–Kier alpha value is -2.21. The summed E-state index contributed by atoms with van der Waals surface area (Å²) < 4.78 is 24.2. The number of nitrogens with one attached hydrogen (secondary N) is 1. The summed E-state index contributed by atoms with van der Waals surface area (Å²) in [6.07, 6.45) is 0. The second kappa shape index (κ2) is 8.76. The molecule has 25 heavy (non-hydrogen) atoms. The summed E-state index contributed by atoms with van der Waals surface area (Å²) in [5.41, 5.74) is 1.08. The second-order valence-corrected chi connectivity index (χ2v) is 7.25. The average molecular weight is 364 g/mol. The minimum Gasteiger partial charge on any atom is -0.368 e. The molecule has 0 spiro atoms. The van der Waals surface area contributed by atoms with Crippen molar-refractivity contribution in [3.8, 4) is 0 Å². The molecule has 0 aromatic heterocycles. The zero-order valence-corrected chi connectivity index (χ0v) is 15.0. The van der Waals surface area contributed by atoms with Crippen LogP contribution in [0.3, 0.4) is 0 Å². The highest BCUT2D eigenvalue weighted by molar-refractivity contribution is 7.54. The number of nitro benzene ring substituents is 1. The van der Waals surface area contributed by atoms with E-state index in [2.05, 4.69) is 5.32 Å². The molecule has 0 radical (unpaired) electrons. The first-order chi connectivity index (χ1) is 12.0. The summed E-state index contributed by atoms with van der Waals surface area (Å²) in [5.74, 6) is -0.866. The number of hydrogen-bond acceptors (Lipinski definition) is 6. The zero-order chi connectivity index (χ0) is 18.3. The molecular weight excluding hydrogens is 343 g/mol. The molecule has 2 aromatic rings. The lowest BCUT2D eigenvalue weighted by atomic mass is 10.2. The fourth-order valence-corrected chi connectivity index (χ4v) is 4.32. The number of benzene rings is 2. The minimum absolute atomic E-state index is 0.0862. The van der Waals surface area contributed by atoms with E-state index in [4.69, 9.17) is 9.05 Å². The fourth-order valence-electron chi connectivity index (χ4n) is 2.39. The van der Waals surface area contributed by atoms with Crippen molar-refractivity contribution in [1.29, 1.82) is 0 Å². The fraction of sp³-hybridized carbons (Fsp3) is 0.294. The first-order valence-electron chi connectivity index (χ1n) is 7.95. The molecule has 0 amide bonds. The molecule has 0 bridgehead atoms. The van der Waals surface area contributed by atoms with E-state index in [0.717, 1.165) is 0 Å². The predicted octanol–water partition coefficient (Wildman–Crippen LogP) is 4.97. The molecule has 0 unspecified atom stereocenters. The summed E-state index contributed by atoms with van der Waals surface area (Å²) in [6, 6.07) is 15.1. The molecule has 2 aromatic carbocycles. The Balaban J connectivity index is 2.49. The van der Waals surface area contributed by atoms with Crippen LogP contribution < -0.4 is 5.32 Å². The number of para-hydroxylation sites is 1. The van der Waals surface area contributed by atoms with Crippen molar-refractivity contribution in [3.63, 3.8) is 0 Å². The van der Waals surface area contributed by atoms with Crippen LogP contribution in [0.25, 0.3) is 0 Å². The number of nitrogens with zero attached hydrogens (tertiary/aromatic N) is 1. The smallest absolute Gasteiger partial charge is 0.357 e. The van der Waals surface area contributed by atoms with Crippen molar-refractivity contribution in [2.45, 2.75) is 19.6 Å². The molecule has 0 aliphatic rings. The maximum atomic E-state index is 13.3. The van der Waals surface area contributed by atoms with Gasteiger partial charge in [-0.15, -0.1) is 0 Å². The monoisotopic (exact) mass is 364 g/mol. The van der Waals surface area contributed by atoms with Gasteiger partial charge in [-0.05, 0) is 31.5 Å². The number of hydrogen-bond donors (Lipinski definition) is 1. The standard InChI is InChI=1S/C17H21N2O5P/c1-3-23-25(22,24-4-2)17(18-15-10-6-5-7-11-15)14-9-8-12-16(13-14)19(20)21/h5-13,17-18H,3-4H2,1-2H3/t17-/m0/s1. The molecule has 0 saturated carbocycles. The van der Waals surface area contributed by atoms with Crippen LogP contribution in [0.4, 0.5) is 11.4 Å². The molecule has 0 aliphatic carbocycles. The van der Waals surface area contributed by atoms with E-state index in [1.54, 1.807) is 26.0 Å². The Bertz CT molecular complexity index is 744. The van der Waals surface area contributed by atoms with Crippen molar-refractivity contribution in [2.75, 3.05) is 18.5 Å². The van der Waals surface area contributed by atoms with E-state index in [0.29, 0.717) is 11.3 Å². The van der Waals surface area contributed by atoms with E-state index >= 15 is 0 Å². The SMILES string of the molecule is CCOP(=O)(OCC)[C@H](Nc1ccccc1)c1cccc([N+](=O)[O-])c1. The minimum atomic E-state index is -3.60. The summed E-state index contributed by atoms with van der Waals surface area (Å²) in [4.78, 5) is 10.6. The van der Waals surface area contributed by atoms with Gasteiger partial charge in [-0.1, -0.05) is 30.3 Å². The van der Waals surface area contributed by atoms with Gasteiger partial charge in [0.05, 0.1) is 18.1 Å². The Morgan fingerprint density at radius 3 is 2.28 bits per heavy atom. The third-order valence-corrected chi connectivity index (χ3v) is 5.70. The van der Waals surface area contributed by atoms with Gasteiger partial charge in [0.2, 0.25) is 0 Å². The zero-order valence-electron chi connectivity index (χ0n) is 14.1. The predicted molar refractivity (Wildman–Crippen MR) is 96.8 cm³/mol. The molecule has 0 saturated heterocycles. The number of rotatable bonds is 9. The highest BCUT2D eigenvalue weighted by atomic mass is 31.2. The maximum absolute atomic E-state index is 13.3. The van der Waals surface area contributed by atoms with Crippen LogP contribution in [0.5, 0.6) is 0 Å². The first kappa shape index (κ1) is 19.1. The Morgan fingerprint density at radius 2 is 1.72 bits per heavy atom. The second-order valence-electron chi connectivity index (χ2n) is 5.14. The molecule has 1 atom stereocenters. The van der Waals surface area contributed by atoms with Gasteiger partial charge >= 0.3 is 7.60 Å². The van der Waals surface area contributed by atoms with Crippen molar-refractivity contribution in [2.24, 2.45) is 0 Å². The van der Waals surface area contributed by atoms with Gasteiger partial charge in [-0.25, -0.2) is 0 Å². The molecule has 8 heteroatoms. The molecule has 0 fully saturated rings. The average Bonchev–Trinajstić information content (AvgIpc) is 2.61. The molecule has 0 aliphatic heterocycles. The van der Waals surface area contributed by atoms with Crippen LogP contribution >= 0.6 is 7.60 Å². The van der Waals surface area contributed by atoms with Crippen molar-refractivity contribution in [1.82, 2.24) is 0 Å². The van der Waals surface area contributed by atoms with Crippen LogP contribution in [-0.2, 0) is 13.6 Å². The highest BCUT2D eigenvalue weighted by Crippen LogP contribution is 2.60. The molecule has 0 heterocycles. The van der Waals surface area contributed by atoms with Gasteiger partial charge in [0.1, 0.15) is 0 Å². The number of non-ortho nitro benzene ring substituents is 1. The van der Waals surface area contributed by atoms with Gasteiger partial charge in [0, 0.05) is 17.8 Å². The maximum Gasteiger partial charge on any atom is 0.357 e. The lowest BCUT2D eigenvalue weighted by Gasteiger charge is -2.28. The Labute approximate surface area is 146 Å². The van der Waals surface area contributed by atoms with E-state index in [9.17, 15) is 14.7 Å². The van der Waals surface area contributed by atoms with Gasteiger partial charge in [-0.3, -0.25) is 14.7 Å². The van der Waals surface area contributed by atoms with E-state index in [-0.39, 0.29) is 18.9 Å². The van der Waals surface area contributed by atoms with E-state index in [1.807, 2.05) is 30.3 Å². The largest absolute Gasteiger partial charge is 0.368 e. The van der Waals surface area contributed by atoms with E-state index in [1.165, 1.54) is 12.1 Å². The molecular formula is C17H21N2O5P. The summed E-state index contributed by atoms with van der Waals surface area (Å²) in [6.45, 7) is 3.83. The van der Waals surface area contributed by atoms with Gasteiger partial charge < -0.3 is 14.4 Å². The topological polar surface area (TPSA) is 90.7 Å². The van der Waals surface area contributed by atoms with E-state index < -0.39 is 18.3 Å². The summed E-state index contributed by atoms with van der Waals surface area (Å²) >= 11 is 0. The van der Waals surface area contributed by atoms with Crippen molar-refractivity contribution >= 4 is 19.0 Å². The van der Waals surface area contributed by atoms with Crippen LogP contribution in [0.1, 0.15) is 25.2 Å². The van der Waals surface area contributed by atoms with Crippen LogP contribution in [0.2, 0.25) is 0 Å². The third-order valence-electron chi connectivity index (χ3n) is 3.41. The third kappa shape index (κ3) is 4.89. The van der Waals surface area contributed by atoms with Gasteiger partial charge in [0.15, 0.2) is 5.78 Å². The normalized spacial score (nSPS) is 12.6. The molecule has 1 N–H and O–H groups in total.